The number of aromatic carboxylic acids is 1. The van der Waals surface area contributed by atoms with Crippen LogP contribution in [0.2, 0.25) is 0 Å². The first-order valence-electron chi connectivity index (χ1n) is 5.55. The second-order valence-corrected chi connectivity index (χ2v) is 6.03. The van der Waals surface area contributed by atoms with Gasteiger partial charge in [-0.15, -0.1) is 0 Å². The van der Waals surface area contributed by atoms with Crippen LogP contribution in [0.15, 0.2) is 17.2 Å². The zero-order chi connectivity index (χ0) is 14.2. The molecule has 0 spiro atoms. The fourth-order valence-corrected chi connectivity index (χ4v) is 3.46. The van der Waals surface area contributed by atoms with E-state index < -0.39 is 22.0 Å². The van der Waals surface area contributed by atoms with Crippen LogP contribution in [0.3, 0.4) is 0 Å². The number of amides is 1. The van der Waals surface area contributed by atoms with Crippen LogP contribution >= 0.6 is 0 Å². The van der Waals surface area contributed by atoms with Crippen LogP contribution in [-0.4, -0.2) is 53.8 Å². The van der Waals surface area contributed by atoms with E-state index in [9.17, 15) is 18.0 Å². The number of sulfonamides is 1. The Hall–Kier alpha value is -1.87. The van der Waals surface area contributed by atoms with E-state index in [1.54, 1.807) is 0 Å². The van der Waals surface area contributed by atoms with Crippen molar-refractivity contribution in [3.8, 4) is 0 Å². The normalized spacial score (nSPS) is 21.1. The number of aromatic amines is 1. The van der Waals surface area contributed by atoms with Gasteiger partial charge in [0, 0.05) is 19.3 Å². The number of carboxylic acid groups (broad SMARTS) is 1. The first kappa shape index (κ1) is 13.6. The lowest BCUT2D eigenvalue weighted by Gasteiger charge is -2.31. The lowest BCUT2D eigenvalue weighted by molar-refractivity contribution is -0.126. The van der Waals surface area contributed by atoms with Gasteiger partial charge in [-0.1, -0.05) is 0 Å². The number of carboxylic acids is 1. The van der Waals surface area contributed by atoms with Gasteiger partial charge < -0.3 is 15.4 Å². The third-order valence-corrected chi connectivity index (χ3v) is 4.88. The van der Waals surface area contributed by atoms with Crippen LogP contribution in [0.25, 0.3) is 0 Å². The zero-order valence-corrected chi connectivity index (χ0v) is 10.9. The van der Waals surface area contributed by atoms with Crippen molar-refractivity contribution in [2.45, 2.75) is 17.9 Å². The Morgan fingerprint density at radius 1 is 1.53 bits per heavy atom. The fraction of sp³-hybridized carbons (Fsp3) is 0.400. The van der Waals surface area contributed by atoms with E-state index >= 15 is 0 Å². The number of piperazine rings is 1. The highest BCUT2D eigenvalue weighted by molar-refractivity contribution is 7.89. The number of aromatic nitrogens is 1. The van der Waals surface area contributed by atoms with E-state index in [1.165, 1.54) is 6.92 Å². The molecule has 1 aromatic heterocycles. The Kier molecular flexibility index (Phi) is 3.33. The molecule has 9 heteroatoms. The van der Waals surface area contributed by atoms with Crippen LogP contribution in [-0.2, 0) is 14.8 Å². The predicted octanol–water partition coefficient (Wildman–Crippen LogP) is -0.778. The zero-order valence-electron chi connectivity index (χ0n) is 10.1. The van der Waals surface area contributed by atoms with Crippen molar-refractivity contribution in [1.29, 1.82) is 0 Å². The van der Waals surface area contributed by atoms with E-state index in [-0.39, 0.29) is 29.6 Å². The Labute approximate surface area is 109 Å². The number of H-pyrrole nitrogens is 1. The molecule has 3 N–H and O–H groups in total. The van der Waals surface area contributed by atoms with Crippen molar-refractivity contribution in [2.24, 2.45) is 0 Å². The molecule has 1 fully saturated rings. The van der Waals surface area contributed by atoms with Gasteiger partial charge in [0.05, 0.1) is 0 Å². The van der Waals surface area contributed by atoms with Crippen molar-refractivity contribution in [2.75, 3.05) is 13.1 Å². The summed E-state index contributed by atoms with van der Waals surface area (Å²) in [4.78, 5) is 24.4. The Morgan fingerprint density at radius 2 is 2.21 bits per heavy atom. The summed E-state index contributed by atoms with van der Waals surface area (Å²) in [7, 11) is -3.88. The van der Waals surface area contributed by atoms with Gasteiger partial charge in [0.25, 0.3) is 0 Å². The van der Waals surface area contributed by atoms with Crippen molar-refractivity contribution in [1.82, 2.24) is 14.6 Å². The lowest BCUT2D eigenvalue weighted by atomic mass is 10.2. The minimum atomic E-state index is -3.88. The number of hydrogen-bond acceptors (Lipinski definition) is 4. The number of nitrogens with one attached hydrogen (secondary N) is 2. The smallest absolute Gasteiger partial charge is 0.352 e. The third kappa shape index (κ3) is 2.34. The van der Waals surface area contributed by atoms with Crippen molar-refractivity contribution < 1.29 is 23.1 Å². The molecule has 1 aliphatic rings. The van der Waals surface area contributed by atoms with Gasteiger partial charge in [-0.25, -0.2) is 13.2 Å². The summed E-state index contributed by atoms with van der Waals surface area (Å²) in [6, 6.07) is 0.221. The van der Waals surface area contributed by atoms with Crippen LogP contribution in [0, 0.1) is 0 Å². The molecule has 0 bridgehead atoms. The van der Waals surface area contributed by atoms with Crippen LogP contribution < -0.4 is 5.32 Å². The quantitative estimate of drug-likeness (QED) is 0.674. The van der Waals surface area contributed by atoms with E-state index in [1.807, 2.05) is 0 Å². The number of carbonyl (C=O) groups is 2. The number of carbonyl (C=O) groups excluding carboxylic acids is 1. The first-order valence-corrected chi connectivity index (χ1v) is 6.99. The standard InChI is InChI=1S/C10H13N3O5S/c1-6-9(14)11-2-3-13(6)19(17,18)7-4-8(10(15)16)12-5-7/h4-6,12H,2-3H2,1H3,(H,11,14)(H,15,16). The Balaban J connectivity index is 2.35. The molecule has 2 rings (SSSR count). The molecule has 104 valence electrons. The molecule has 1 amide bonds. The van der Waals surface area contributed by atoms with Crippen molar-refractivity contribution in [3.05, 3.63) is 18.0 Å². The van der Waals surface area contributed by atoms with Gasteiger partial charge in [0.15, 0.2) is 0 Å². The van der Waals surface area contributed by atoms with Crippen molar-refractivity contribution >= 4 is 21.9 Å². The molecule has 1 aliphatic heterocycles. The molecule has 8 nitrogen and oxygen atoms in total. The van der Waals surface area contributed by atoms with E-state index in [4.69, 9.17) is 5.11 Å². The second-order valence-electron chi connectivity index (χ2n) is 4.14. The highest BCUT2D eigenvalue weighted by Crippen LogP contribution is 2.20. The molecular weight excluding hydrogens is 274 g/mol. The summed E-state index contributed by atoms with van der Waals surface area (Å²) in [6.07, 6.45) is 1.11. The average molecular weight is 287 g/mol. The summed E-state index contributed by atoms with van der Waals surface area (Å²) in [5.41, 5.74) is -0.215. The van der Waals surface area contributed by atoms with E-state index in [2.05, 4.69) is 10.3 Å². The summed E-state index contributed by atoms with van der Waals surface area (Å²) >= 11 is 0. The largest absolute Gasteiger partial charge is 0.477 e. The van der Waals surface area contributed by atoms with Crippen LogP contribution in [0.1, 0.15) is 17.4 Å². The molecule has 0 aromatic carbocycles. The number of hydrogen-bond donors (Lipinski definition) is 3. The van der Waals surface area contributed by atoms with Gasteiger partial charge in [0.1, 0.15) is 16.6 Å². The first-order chi connectivity index (χ1) is 8.84. The fourth-order valence-electron chi connectivity index (χ4n) is 1.87. The van der Waals surface area contributed by atoms with Gasteiger partial charge in [-0.2, -0.15) is 4.31 Å². The highest BCUT2D eigenvalue weighted by Gasteiger charge is 2.36. The Morgan fingerprint density at radius 3 is 2.79 bits per heavy atom. The minimum Gasteiger partial charge on any atom is -0.477 e. The summed E-state index contributed by atoms with van der Waals surface area (Å²) in [5, 5.41) is 11.3. The maximum Gasteiger partial charge on any atom is 0.352 e. The summed E-state index contributed by atoms with van der Waals surface area (Å²) < 4.78 is 25.7. The second kappa shape index (κ2) is 4.67. The van der Waals surface area contributed by atoms with Gasteiger partial charge in [0.2, 0.25) is 15.9 Å². The third-order valence-electron chi connectivity index (χ3n) is 2.94. The minimum absolute atomic E-state index is 0.156. The molecular formula is C10H13N3O5S. The molecule has 2 heterocycles. The van der Waals surface area contributed by atoms with Crippen LogP contribution in [0.4, 0.5) is 0 Å². The van der Waals surface area contributed by atoms with Crippen LogP contribution in [0.5, 0.6) is 0 Å². The monoisotopic (exact) mass is 287 g/mol. The van der Waals surface area contributed by atoms with Gasteiger partial charge >= 0.3 is 5.97 Å². The molecule has 1 saturated heterocycles. The number of rotatable bonds is 3. The maximum atomic E-state index is 12.3. The van der Waals surface area contributed by atoms with E-state index in [0.29, 0.717) is 0 Å². The summed E-state index contributed by atoms with van der Waals surface area (Å²) in [6.45, 7) is 1.87. The number of nitrogens with zero attached hydrogens (tertiary/aromatic N) is 1. The average Bonchev–Trinajstić information content (AvgIpc) is 2.82. The topological polar surface area (TPSA) is 120 Å². The molecule has 19 heavy (non-hydrogen) atoms. The molecule has 1 unspecified atom stereocenters. The van der Waals surface area contributed by atoms with Crippen molar-refractivity contribution in [3.63, 3.8) is 0 Å². The lowest BCUT2D eigenvalue weighted by Crippen LogP contribution is -2.55. The maximum absolute atomic E-state index is 12.3. The van der Waals surface area contributed by atoms with E-state index in [0.717, 1.165) is 16.6 Å². The summed E-state index contributed by atoms with van der Waals surface area (Å²) in [5.74, 6) is -1.62. The molecule has 0 saturated carbocycles. The van der Waals surface area contributed by atoms with Gasteiger partial charge in [-0.3, -0.25) is 4.79 Å². The predicted molar refractivity (Wildman–Crippen MR) is 64.1 cm³/mol. The molecule has 0 radical (unpaired) electrons. The highest BCUT2D eigenvalue weighted by atomic mass is 32.2. The molecule has 1 atom stereocenters. The molecule has 1 aromatic rings. The molecule has 0 aliphatic carbocycles. The SMILES string of the molecule is CC1C(=O)NCCN1S(=O)(=O)c1c[nH]c(C(=O)O)c1. The van der Waals surface area contributed by atoms with Gasteiger partial charge in [-0.05, 0) is 13.0 Å². The Bertz CT molecular complexity index is 621.